The van der Waals surface area contributed by atoms with Crippen LogP contribution in [0.15, 0.2) is 11.6 Å². The summed E-state index contributed by atoms with van der Waals surface area (Å²) in [5.41, 5.74) is 0.618. The Kier molecular flexibility index (Phi) is 3.88. The first-order chi connectivity index (χ1) is 6.94. The second-order valence-corrected chi connectivity index (χ2v) is 4.43. The predicted octanol–water partition coefficient (Wildman–Crippen LogP) is 1.46. The van der Waals surface area contributed by atoms with E-state index in [0.29, 0.717) is 25.3 Å². The number of likely N-dealkylation sites (tertiary alicyclic amines) is 1. The smallest absolute Gasteiger partial charge is 0.333 e. The van der Waals surface area contributed by atoms with Gasteiger partial charge in [-0.2, -0.15) is 0 Å². The SMILES string of the molecule is C/C=C(/C)C(=O)OC[C@@H]1CC[N+](C)([O-])C1. The van der Waals surface area contributed by atoms with Gasteiger partial charge in [0.1, 0.15) is 6.61 Å². The molecule has 86 valence electrons. The molecule has 1 aliphatic rings. The number of ether oxygens (including phenoxy) is 1. The lowest BCUT2D eigenvalue weighted by molar-refractivity contribution is -0.849. The zero-order valence-electron chi connectivity index (χ0n) is 9.66. The highest BCUT2D eigenvalue weighted by molar-refractivity contribution is 5.87. The van der Waals surface area contributed by atoms with Crippen molar-refractivity contribution in [1.29, 1.82) is 0 Å². The monoisotopic (exact) mass is 213 g/mol. The highest BCUT2D eigenvalue weighted by Crippen LogP contribution is 2.21. The van der Waals surface area contributed by atoms with E-state index in [0.717, 1.165) is 6.42 Å². The Labute approximate surface area is 90.7 Å². The average molecular weight is 213 g/mol. The van der Waals surface area contributed by atoms with Crippen LogP contribution >= 0.6 is 0 Å². The van der Waals surface area contributed by atoms with E-state index in [1.165, 1.54) is 0 Å². The van der Waals surface area contributed by atoms with Crippen LogP contribution in [0.25, 0.3) is 0 Å². The van der Waals surface area contributed by atoms with Crippen LogP contribution in [0.4, 0.5) is 0 Å². The standard InChI is InChI=1S/C11H19NO3/c1-4-9(2)11(13)15-8-10-5-6-12(3,14)7-10/h4,10H,5-8H2,1-3H3/b9-4-/t10-,12?/m1/s1. The summed E-state index contributed by atoms with van der Waals surface area (Å²) in [7, 11) is 1.67. The molecule has 0 N–H and O–H groups in total. The molecule has 2 atom stereocenters. The lowest BCUT2D eigenvalue weighted by Gasteiger charge is -2.33. The largest absolute Gasteiger partial charge is 0.633 e. The third kappa shape index (κ3) is 3.64. The van der Waals surface area contributed by atoms with Gasteiger partial charge in [0.05, 0.1) is 20.1 Å². The quantitative estimate of drug-likeness (QED) is 0.308. The van der Waals surface area contributed by atoms with E-state index in [4.69, 9.17) is 4.74 Å². The molecule has 0 aromatic carbocycles. The number of quaternary nitrogens is 1. The predicted molar refractivity (Wildman–Crippen MR) is 57.8 cm³/mol. The molecule has 0 saturated carbocycles. The van der Waals surface area contributed by atoms with Gasteiger partial charge < -0.3 is 14.6 Å². The van der Waals surface area contributed by atoms with Crippen LogP contribution in [-0.2, 0) is 9.53 Å². The Bertz CT molecular complexity index is 271. The highest BCUT2D eigenvalue weighted by atomic mass is 16.5. The summed E-state index contributed by atoms with van der Waals surface area (Å²) < 4.78 is 4.91. The lowest BCUT2D eigenvalue weighted by Crippen LogP contribution is -2.34. The van der Waals surface area contributed by atoms with Crippen molar-refractivity contribution in [3.05, 3.63) is 16.9 Å². The van der Waals surface area contributed by atoms with E-state index in [1.54, 1.807) is 27.0 Å². The van der Waals surface area contributed by atoms with Crippen molar-refractivity contribution < 1.29 is 14.2 Å². The summed E-state index contributed by atoms with van der Waals surface area (Å²) in [6.07, 6.45) is 2.58. The van der Waals surface area contributed by atoms with Crippen LogP contribution in [0.2, 0.25) is 0 Å². The third-order valence-corrected chi connectivity index (χ3v) is 2.86. The average Bonchev–Trinajstić information content (AvgIpc) is 2.53. The van der Waals surface area contributed by atoms with Gasteiger partial charge in [0.15, 0.2) is 0 Å². The molecule has 0 spiro atoms. The molecule has 4 heteroatoms. The first kappa shape index (κ1) is 12.2. The second-order valence-electron chi connectivity index (χ2n) is 4.43. The number of nitrogens with zero attached hydrogens (tertiary/aromatic N) is 1. The Balaban J connectivity index is 2.30. The minimum atomic E-state index is -0.274. The Hall–Kier alpha value is -0.870. The number of allylic oxidation sites excluding steroid dienone is 1. The minimum absolute atomic E-state index is 0.204. The van der Waals surface area contributed by atoms with Crippen molar-refractivity contribution in [1.82, 2.24) is 0 Å². The van der Waals surface area contributed by atoms with Gasteiger partial charge in [-0.25, -0.2) is 4.79 Å². The number of hydrogen-bond donors (Lipinski definition) is 0. The van der Waals surface area contributed by atoms with Crippen molar-refractivity contribution in [3.8, 4) is 0 Å². The van der Waals surface area contributed by atoms with Crippen molar-refractivity contribution in [2.45, 2.75) is 20.3 Å². The van der Waals surface area contributed by atoms with Gasteiger partial charge in [-0.3, -0.25) is 0 Å². The van der Waals surface area contributed by atoms with Gasteiger partial charge in [0, 0.05) is 17.9 Å². The van der Waals surface area contributed by atoms with Crippen molar-refractivity contribution >= 4 is 5.97 Å². The molecular formula is C11H19NO3. The number of carbonyl (C=O) groups excluding carboxylic acids is 1. The molecule has 0 radical (unpaired) electrons. The van der Waals surface area contributed by atoms with Crippen LogP contribution in [0.5, 0.6) is 0 Å². The van der Waals surface area contributed by atoms with E-state index >= 15 is 0 Å². The normalized spacial score (nSPS) is 31.7. The highest BCUT2D eigenvalue weighted by Gasteiger charge is 2.28. The summed E-state index contributed by atoms with van der Waals surface area (Å²) in [5, 5.41) is 11.5. The fourth-order valence-corrected chi connectivity index (χ4v) is 1.75. The molecule has 0 bridgehead atoms. The number of esters is 1. The van der Waals surface area contributed by atoms with Crippen LogP contribution in [-0.4, -0.2) is 37.4 Å². The number of rotatable bonds is 3. The van der Waals surface area contributed by atoms with Gasteiger partial charge in [0.2, 0.25) is 0 Å². The van der Waals surface area contributed by atoms with Crippen LogP contribution in [0, 0.1) is 11.1 Å². The molecule has 1 fully saturated rings. The van der Waals surface area contributed by atoms with Crippen LogP contribution in [0.1, 0.15) is 20.3 Å². The number of hydroxylamine groups is 3. The summed E-state index contributed by atoms with van der Waals surface area (Å²) in [6.45, 7) is 5.09. The zero-order valence-corrected chi connectivity index (χ0v) is 9.66. The summed E-state index contributed by atoms with van der Waals surface area (Å²) in [6, 6.07) is 0. The molecule has 1 saturated heterocycles. The lowest BCUT2D eigenvalue weighted by atomic mass is 10.1. The molecule has 1 aliphatic heterocycles. The van der Waals surface area contributed by atoms with E-state index in [1.807, 2.05) is 0 Å². The van der Waals surface area contributed by atoms with Crippen LogP contribution < -0.4 is 0 Å². The molecular weight excluding hydrogens is 194 g/mol. The molecule has 1 rings (SSSR count). The van der Waals surface area contributed by atoms with Gasteiger partial charge in [-0.05, 0) is 13.8 Å². The Morgan fingerprint density at radius 3 is 2.80 bits per heavy atom. The summed E-state index contributed by atoms with van der Waals surface area (Å²) in [5.74, 6) is -0.0504. The Morgan fingerprint density at radius 1 is 1.67 bits per heavy atom. The molecule has 4 nitrogen and oxygen atoms in total. The zero-order chi connectivity index (χ0) is 11.5. The van der Waals surface area contributed by atoms with Crippen LogP contribution in [0.3, 0.4) is 0 Å². The molecule has 0 aromatic rings. The maximum absolute atomic E-state index is 11.5. The first-order valence-electron chi connectivity index (χ1n) is 5.30. The fourth-order valence-electron chi connectivity index (χ4n) is 1.75. The van der Waals surface area contributed by atoms with Gasteiger partial charge in [0.25, 0.3) is 0 Å². The fraction of sp³-hybridized carbons (Fsp3) is 0.727. The first-order valence-corrected chi connectivity index (χ1v) is 5.30. The van der Waals surface area contributed by atoms with Gasteiger partial charge >= 0.3 is 5.97 Å². The van der Waals surface area contributed by atoms with Crippen molar-refractivity contribution in [2.24, 2.45) is 5.92 Å². The third-order valence-electron chi connectivity index (χ3n) is 2.86. The maximum atomic E-state index is 11.5. The molecule has 15 heavy (non-hydrogen) atoms. The van der Waals surface area contributed by atoms with Gasteiger partial charge in [-0.1, -0.05) is 6.08 Å². The molecule has 0 aliphatic carbocycles. The molecule has 0 amide bonds. The topological polar surface area (TPSA) is 49.4 Å². The summed E-state index contributed by atoms with van der Waals surface area (Å²) in [4.78, 5) is 11.3. The number of hydrogen-bond acceptors (Lipinski definition) is 3. The molecule has 0 aromatic heterocycles. The van der Waals surface area contributed by atoms with E-state index in [9.17, 15) is 10.0 Å². The molecule has 1 unspecified atom stereocenters. The summed E-state index contributed by atoms with van der Waals surface area (Å²) >= 11 is 0. The Morgan fingerprint density at radius 2 is 2.33 bits per heavy atom. The maximum Gasteiger partial charge on any atom is 0.333 e. The van der Waals surface area contributed by atoms with Crippen molar-refractivity contribution in [2.75, 3.05) is 26.7 Å². The minimum Gasteiger partial charge on any atom is -0.633 e. The van der Waals surface area contributed by atoms with E-state index in [-0.39, 0.29) is 16.5 Å². The number of carbonyl (C=O) groups is 1. The van der Waals surface area contributed by atoms with Gasteiger partial charge in [-0.15, -0.1) is 0 Å². The second kappa shape index (κ2) is 4.77. The van der Waals surface area contributed by atoms with Crippen molar-refractivity contribution in [3.63, 3.8) is 0 Å². The van der Waals surface area contributed by atoms with E-state index in [2.05, 4.69) is 0 Å². The van der Waals surface area contributed by atoms with E-state index < -0.39 is 0 Å². The molecule has 1 heterocycles.